The topological polar surface area (TPSA) is 101 Å². The van der Waals surface area contributed by atoms with E-state index in [1.54, 1.807) is 0 Å². The van der Waals surface area contributed by atoms with Crippen molar-refractivity contribution in [3.8, 4) is 0 Å². The van der Waals surface area contributed by atoms with E-state index in [4.69, 9.17) is 20.4 Å². The SMILES string of the molecule is CC(CO)(CO)C(=O)N(CO)CO. The summed E-state index contributed by atoms with van der Waals surface area (Å²) in [5, 5.41) is 34.9. The molecule has 0 aliphatic heterocycles. The number of carbonyl (C=O) groups is 1. The third-order valence-corrected chi connectivity index (χ3v) is 1.84. The predicted octanol–water partition coefficient (Wildman–Crippen LogP) is -2.29. The Morgan fingerprint density at radius 1 is 1.15 bits per heavy atom. The molecule has 0 aliphatic carbocycles. The van der Waals surface area contributed by atoms with Gasteiger partial charge < -0.3 is 20.4 Å². The third kappa shape index (κ3) is 2.63. The van der Waals surface area contributed by atoms with Crippen LogP contribution in [-0.4, -0.2) is 57.9 Å². The van der Waals surface area contributed by atoms with Gasteiger partial charge in [0, 0.05) is 0 Å². The Hall–Kier alpha value is -0.690. The monoisotopic (exact) mass is 193 g/mol. The lowest BCUT2D eigenvalue weighted by Crippen LogP contribution is -2.47. The largest absolute Gasteiger partial charge is 0.395 e. The van der Waals surface area contributed by atoms with Crippen LogP contribution in [0.1, 0.15) is 6.92 Å². The summed E-state index contributed by atoms with van der Waals surface area (Å²) in [5.74, 6) is -0.692. The van der Waals surface area contributed by atoms with E-state index in [2.05, 4.69) is 0 Å². The second-order valence-electron chi connectivity index (χ2n) is 3.00. The zero-order valence-corrected chi connectivity index (χ0v) is 7.47. The maximum Gasteiger partial charge on any atom is 0.236 e. The first-order valence-electron chi connectivity index (χ1n) is 3.78. The van der Waals surface area contributed by atoms with Crippen molar-refractivity contribution in [2.24, 2.45) is 5.41 Å². The first-order valence-corrected chi connectivity index (χ1v) is 3.78. The Morgan fingerprint density at radius 2 is 1.54 bits per heavy atom. The zero-order valence-electron chi connectivity index (χ0n) is 7.47. The highest BCUT2D eigenvalue weighted by Crippen LogP contribution is 2.17. The number of amides is 1. The van der Waals surface area contributed by atoms with Crippen LogP contribution in [0.25, 0.3) is 0 Å². The Bertz CT molecular complexity index is 164. The molecule has 0 saturated heterocycles. The fourth-order valence-corrected chi connectivity index (χ4v) is 0.740. The summed E-state index contributed by atoms with van der Waals surface area (Å²) < 4.78 is 0. The van der Waals surface area contributed by atoms with Crippen molar-refractivity contribution in [1.82, 2.24) is 4.90 Å². The van der Waals surface area contributed by atoms with E-state index in [0.717, 1.165) is 0 Å². The molecule has 0 rings (SSSR count). The van der Waals surface area contributed by atoms with Gasteiger partial charge in [0.25, 0.3) is 0 Å². The highest BCUT2D eigenvalue weighted by Gasteiger charge is 2.35. The number of carbonyl (C=O) groups excluding carboxylic acids is 1. The Kier molecular flexibility index (Phi) is 4.86. The van der Waals surface area contributed by atoms with Crippen molar-refractivity contribution in [2.45, 2.75) is 6.92 Å². The lowest BCUT2D eigenvalue weighted by atomic mass is 9.91. The molecule has 78 valence electrons. The van der Waals surface area contributed by atoms with Gasteiger partial charge in [-0.25, -0.2) is 0 Å². The van der Waals surface area contributed by atoms with Gasteiger partial charge in [-0.3, -0.25) is 9.69 Å². The number of hydrogen-bond donors (Lipinski definition) is 4. The molecule has 0 bridgehead atoms. The highest BCUT2D eigenvalue weighted by molar-refractivity contribution is 5.82. The minimum absolute atomic E-state index is 0.543. The van der Waals surface area contributed by atoms with Crippen molar-refractivity contribution < 1.29 is 25.2 Å². The summed E-state index contributed by atoms with van der Waals surface area (Å²) in [6.07, 6.45) is 0. The molecular weight excluding hydrogens is 178 g/mol. The number of aliphatic hydroxyl groups is 4. The van der Waals surface area contributed by atoms with E-state index >= 15 is 0 Å². The van der Waals surface area contributed by atoms with Gasteiger partial charge in [0.05, 0.1) is 18.6 Å². The van der Waals surface area contributed by atoms with E-state index in [9.17, 15) is 4.79 Å². The summed E-state index contributed by atoms with van der Waals surface area (Å²) in [6.45, 7) is -1.04. The molecular formula is C7H15NO5. The average molecular weight is 193 g/mol. The highest BCUT2D eigenvalue weighted by atomic mass is 16.3. The molecule has 0 fully saturated rings. The van der Waals surface area contributed by atoms with Crippen LogP contribution in [-0.2, 0) is 4.79 Å². The molecule has 0 atom stereocenters. The van der Waals surface area contributed by atoms with Crippen LogP contribution in [0.4, 0.5) is 0 Å². The second kappa shape index (κ2) is 5.13. The molecule has 0 radical (unpaired) electrons. The van der Waals surface area contributed by atoms with Crippen molar-refractivity contribution >= 4 is 5.91 Å². The smallest absolute Gasteiger partial charge is 0.236 e. The lowest BCUT2D eigenvalue weighted by molar-refractivity contribution is -0.154. The second-order valence-corrected chi connectivity index (χ2v) is 3.00. The molecule has 6 heteroatoms. The Morgan fingerprint density at radius 3 is 1.77 bits per heavy atom. The standard InChI is InChI=1S/C7H15NO5/c1-7(2-9,3-10)6(13)8(4-11)5-12/h9-12H,2-5H2,1H3. The maximum atomic E-state index is 11.4. The zero-order chi connectivity index (χ0) is 10.5. The molecule has 0 saturated carbocycles. The van der Waals surface area contributed by atoms with Gasteiger partial charge in [0.15, 0.2) is 0 Å². The Balaban J connectivity index is 4.53. The number of hydrogen-bond acceptors (Lipinski definition) is 5. The minimum atomic E-state index is -1.36. The first kappa shape index (κ1) is 12.3. The molecule has 0 unspecified atom stereocenters. The van der Waals surface area contributed by atoms with E-state index in [1.165, 1.54) is 6.92 Å². The summed E-state index contributed by atoms with van der Waals surface area (Å²) in [5.41, 5.74) is -1.36. The minimum Gasteiger partial charge on any atom is -0.395 e. The molecule has 0 aromatic rings. The van der Waals surface area contributed by atoms with Crippen LogP contribution >= 0.6 is 0 Å². The summed E-state index contributed by atoms with van der Waals surface area (Å²) in [7, 11) is 0. The maximum absolute atomic E-state index is 11.4. The van der Waals surface area contributed by atoms with Gasteiger partial charge in [-0.15, -0.1) is 0 Å². The van der Waals surface area contributed by atoms with Crippen LogP contribution in [0.2, 0.25) is 0 Å². The molecule has 0 spiro atoms. The summed E-state index contributed by atoms with van der Waals surface area (Å²) >= 11 is 0. The molecule has 4 N–H and O–H groups in total. The fraction of sp³-hybridized carbons (Fsp3) is 0.857. The molecule has 0 aromatic heterocycles. The lowest BCUT2D eigenvalue weighted by Gasteiger charge is -2.29. The van der Waals surface area contributed by atoms with Crippen LogP contribution in [0.3, 0.4) is 0 Å². The molecule has 0 heterocycles. The summed E-state index contributed by atoms with van der Waals surface area (Å²) in [4.78, 5) is 12.1. The van der Waals surface area contributed by atoms with Crippen molar-refractivity contribution in [2.75, 3.05) is 26.7 Å². The predicted molar refractivity (Wildman–Crippen MR) is 43.3 cm³/mol. The van der Waals surface area contributed by atoms with Crippen molar-refractivity contribution in [3.63, 3.8) is 0 Å². The normalized spacial score (nSPS) is 11.5. The van der Waals surface area contributed by atoms with Crippen molar-refractivity contribution in [3.05, 3.63) is 0 Å². The van der Waals surface area contributed by atoms with Gasteiger partial charge in [0.2, 0.25) is 5.91 Å². The molecule has 1 amide bonds. The molecule has 0 aliphatic rings. The third-order valence-electron chi connectivity index (χ3n) is 1.84. The first-order chi connectivity index (χ1) is 6.05. The number of nitrogens with zero attached hydrogens (tertiary/aromatic N) is 1. The van der Waals surface area contributed by atoms with Gasteiger partial charge in [-0.05, 0) is 6.92 Å². The van der Waals surface area contributed by atoms with Gasteiger partial charge in [-0.2, -0.15) is 0 Å². The average Bonchev–Trinajstić information content (AvgIpc) is 2.18. The molecule has 13 heavy (non-hydrogen) atoms. The fourth-order valence-electron chi connectivity index (χ4n) is 0.740. The van der Waals surface area contributed by atoms with Crippen LogP contribution in [0.15, 0.2) is 0 Å². The number of rotatable bonds is 5. The van der Waals surface area contributed by atoms with Crippen LogP contribution < -0.4 is 0 Å². The van der Waals surface area contributed by atoms with Crippen molar-refractivity contribution in [1.29, 1.82) is 0 Å². The summed E-state index contributed by atoms with van der Waals surface area (Å²) in [6, 6.07) is 0. The molecule has 6 nitrogen and oxygen atoms in total. The van der Waals surface area contributed by atoms with E-state index in [1.807, 2.05) is 0 Å². The van der Waals surface area contributed by atoms with Gasteiger partial charge >= 0.3 is 0 Å². The quantitative estimate of drug-likeness (QED) is 0.368. The Labute approximate surface area is 76.0 Å². The van der Waals surface area contributed by atoms with E-state index in [0.29, 0.717) is 4.90 Å². The van der Waals surface area contributed by atoms with Crippen LogP contribution in [0, 0.1) is 5.41 Å². The molecule has 0 aromatic carbocycles. The van der Waals surface area contributed by atoms with E-state index in [-0.39, 0.29) is 0 Å². The van der Waals surface area contributed by atoms with E-state index < -0.39 is 38.0 Å². The van der Waals surface area contributed by atoms with Gasteiger partial charge in [0.1, 0.15) is 13.5 Å². The van der Waals surface area contributed by atoms with Gasteiger partial charge in [-0.1, -0.05) is 0 Å². The number of aliphatic hydroxyl groups excluding tert-OH is 4. The van der Waals surface area contributed by atoms with Crippen LogP contribution in [0.5, 0.6) is 0 Å².